The second-order valence-corrected chi connectivity index (χ2v) is 8.51. The average molecular weight is 423 g/mol. The van der Waals surface area contributed by atoms with Gasteiger partial charge in [0.15, 0.2) is 0 Å². The van der Waals surface area contributed by atoms with Crippen LogP contribution < -0.4 is 9.64 Å². The molecule has 2 aromatic rings. The van der Waals surface area contributed by atoms with E-state index in [0.717, 1.165) is 30.8 Å². The number of amides is 2. The summed E-state index contributed by atoms with van der Waals surface area (Å²) in [6, 6.07) is 12.7. The highest BCUT2D eigenvalue weighted by Gasteiger charge is 2.43. The molecule has 0 aliphatic carbocycles. The van der Waals surface area contributed by atoms with E-state index in [1.54, 1.807) is 0 Å². The lowest BCUT2D eigenvalue weighted by atomic mass is 9.97. The lowest BCUT2D eigenvalue weighted by molar-refractivity contribution is -0.120. The van der Waals surface area contributed by atoms with Crippen LogP contribution >= 0.6 is 0 Å². The number of halogens is 1. The lowest BCUT2D eigenvalue weighted by Crippen LogP contribution is -2.38. The molecule has 2 aliphatic rings. The van der Waals surface area contributed by atoms with Crippen molar-refractivity contribution in [2.75, 3.05) is 18.0 Å². The van der Waals surface area contributed by atoms with E-state index in [1.807, 2.05) is 43.0 Å². The highest BCUT2D eigenvalue weighted by atomic mass is 19.1. The molecule has 0 saturated carbocycles. The normalized spacial score (nSPS) is 17.8. The van der Waals surface area contributed by atoms with Gasteiger partial charge in [0.05, 0.1) is 17.4 Å². The van der Waals surface area contributed by atoms with Crippen molar-refractivity contribution in [1.29, 1.82) is 0 Å². The number of nitrogens with zero attached hydrogens (tertiary/aromatic N) is 2. The number of carbonyl (C=O) groups is 2. The predicted octanol–water partition coefficient (Wildman–Crippen LogP) is 4.63. The van der Waals surface area contributed by atoms with Crippen molar-refractivity contribution >= 4 is 23.1 Å². The Bertz CT molecular complexity index is 1000. The largest absolute Gasteiger partial charge is 0.491 e. The zero-order valence-electron chi connectivity index (χ0n) is 18.1. The van der Waals surface area contributed by atoms with Crippen LogP contribution in [0.1, 0.15) is 39.2 Å². The number of hydrogen-bond donors (Lipinski definition) is 0. The van der Waals surface area contributed by atoms with Gasteiger partial charge in [-0.3, -0.25) is 9.59 Å². The summed E-state index contributed by atoms with van der Waals surface area (Å²) in [7, 11) is 0. The molecule has 0 atom stereocenters. The van der Waals surface area contributed by atoms with Gasteiger partial charge in [-0.15, -0.1) is 0 Å². The first-order valence-corrected chi connectivity index (χ1v) is 10.8. The van der Waals surface area contributed by atoms with E-state index in [0.29, 0.717) is 34.2 Å². The molecular formula is C25H27FN2O3. The van der Waals surface area contributed by atoms with Crippen molar-refractivity contribution in [3.8, 4) is 5.75 Å². The molecule has 6 heteroatoms. The minimum Gasteiger partial charge on any atom is -0.491 e. The van der Waals surface area contributed by atoms with Gasteiger partial charge < -0.3 is 9.64 Å². The maximum atomic E-state index is 13.5. The molecule has 0 bridgehead atoms. The van der Waals surface area contributed by atoms with Crippen molar-refractivity contribution in [2.24, 2.45) is 5.92 Å². The Balaban J connectivity index is 1.75. The molecule has 1 saturated heterocycles. The Morgan fingerprint density at radius 2 is 1.55 bits per heavy atom. The van der Waals surface area contributed by atoms with Gasteiger partial charge >= 0.3 is 0 Å². The predicted molar refractivity (Wildman–Crippen MR) is 118 cm³/mol. The van der Waals surface area contributed by atoms with Gasteiger partial charge in [0.2, 0.25) is 0 Å². The highest BCUT2D eigenvalue weighted by Crippen LogP contribution is 2.36. The Kier molecular flexibility index (Phi) is 5.81. The van der Waals surface area contributed by atoms with Gasteiger partial charge in [0, 0.05) is 13.1 Å². The number of benzene rings is 2. The third-order valence-electron chi connectivity index (χ3n) is 5.76. The van der Waals surface area contributed by atoms with E-state index in [-0.39, 0.29) is 17.9 Å². The summed E-state index contributed by atoms with van der Waals surface area (Å²) >= 11 is 0. The summed E-state index contributed by atoms with van der Waals surface area (Å²) < 4.78 is 19.1. The van der Waals surface area contributed by atoms with E-state index >= 15 is 0 Å². The zero-order valence-corrected chi connectivity index (χ0v) is 18.1. The number of piperidine rings is 1. The fourth-order valence-corrected chi connectivity index (χ4v) is 4.10. The SMILES string of the molecule is CC1CCN(C2=C(c3ccc(OC(C)C)cc3)C(=O)N(c3ccc(F)cc3)C2=O)CC1. The Morgan fingerprint density at radius 1 is 0.935 bits per heavy atom. The second-order valence-electron chi connectivity index (χ2n) is 8.51. The van der Waals surface area contributed by atoms with Crippen LogP contribution in [0.3, 0.4) is 0 Å². The number of likely N-dealkylation sites (tertiary alicyclic amines) is 1. The maximum Gasteiger partial charge on any atom is 0.282 e. The summed E-state index contributed by atoms with van der Waals surface area (Å²) in [6.45, 7) is 7.55. The van der Waals surface area contributed by atoms with E-state index in [4.69, 9.17) is 4.74 Å². The molecular weight excluding hydrogens is 395 g/mol. The molecule has 31 heavy (non-hydrogen) atoms. The molecule has 2 aliphatic heterocycles. The Hall–Kier alpha value is -3.15. The minimum atomic E-state index is -0.415. The standard InChI is InChI=1S/C25H27FN2O3/c1-16(2)31-21-10-4-18(5-11-21)22-23(27-14-12-17(3)13-15-27)25(30)28(24(22)29)20-8-6-19(26)7-9-20/h4-11,16-17H,12-15H2,1-3H3. The van der Waals surface area contributed by atoms with Crippen molar-refractivity contribution in [3.05, 3.63) is 65.6 Å². The second kappa shape index (κ2) is 8.53. The third kappa shape index (κ3) is 4.20. The molecule has 2 amide bonds. The van der Waals surface area contributed by atoms with Gasteiger partial charge in [-0.1, -0.05) is 19.1 Å². The van der Waals surface area contributed by atoms with Crippen LogP contribution in [0.15, 0.2) is 54.2 Å². The quantitative estimate of drug-likeness (QED) is 0.660. The van der Waals surface area contributed by atoms with Crippen molar-refractivity contribution < 1.29 is 18.7 Å². The molecule has 5 nitrogen and oxygen atoms in total. The molecule has 0 aromatic heterocycles. The number of rotatable bonds is 5. The summed E-state index contributed by atoms with van der Waals surface area (Å²) in [4.78, 5) is 30.1. The van der Waals surface area contributed by atoms with Gasteiger partial charge in [0.25, 0.3) is 11.8 Å². The smallest absolute Gasteiger partial charge is 0.282 e. The first kappa shape index (κ1) is 21.1. The number of ether oxygens (including phenoxy) is 1. The molecule has 1 fully saturated rings. The van der Waals surface area contributed by atoms with Gasteiger partial charge in [-0.25, -0.2) is 9.29 Å². The molecule has 162 valence electrons. The van der Waals surface area contributed by atoms with Crippen LogP contribution in [0.5, 0.6) is 5.75 Å². The highest BCUT2D eigenvalue weighted by molar-refractivity contribution is 6.45. The van der Waals surface area contributed by atoms with Crippen LogP contribution in [-0.4, -0.2) is 35.9 Å². The summed E-state index contributed by atoms with van der Waals surface area (Å²) in [5, 5.41) is 0. The number of carbonyl (C=O) groups excluding carboxylic acids is 2. The topological polar surface area (TPSA) is 49.9 Å². The summed E-state index contributed by atoms with van der Waals surface area (Å²) in [5.41, 5.74) is 1.86. The molecule has 2 heterocycles. The van der Waals surface area contributed by atoms with Crippen LogP contribution in [0, 0.1) is 11.7 Å². The van der Waals surface area contributed by atoms with Crippen LogP contribution in [-0.2, 0) is 9.59 Å². The number of hydrogen-bond acceptors (Lipinski definition) is 4. The lowest BCUT2D eigenvalue weighted by Gasteiger charge is -2.32. The molecule has 0 N–H and O–H groups in total. The van der Waals surface area contributed by atoms with E-state index in [9.17, 15) is 14.0 Å². The molecule has 4 rings (SSSR count). The van der Waals surface area contributed by atoms with Crippen LogP contribution in [0.2, 0.25) is 0 Å². The number of imide groups is 1. The zero-order chi connectivity index (χ0) is 22.1. The van der Waals surface area contributed by atoms with E-state index in [2.05, 4.69) is 6.92 Å². The fourth-order valence-electron chi connectivity index (χ4n) is 4.10. The monoisotopic (exact) mass is 422 g/mol. The van der Waals surface area contributed by atoms with Crippen LogP contribution in [0.4, 0.5) is 10.1 Å². The van der Waals surface area contributed by atoms with Crippen LogP contribution in [0.25, 0.3) is 5.57 Å². The van der Waals surface area contributed by atoms with E-state index < -0.39 is 5.82 Å². The molecule has 0 radical (unpaired) electrons. The molecule has 0 unspecified atom stereocenters. The first-order valence-electron chi connectivity index (χ1n) is 10.8. The first-order chi connectivity index (χ1) is 14.8. The molecule has 2 aromatic carbocycles. The summed E-state index contributed by atoms with van der Waals surface area (Å²) in [5.74, 6) is 0.140. The van der Waals surface area contributed by atoms with Gasteiger partial charge in [-0.2, -0.15) is 0 Å². The van der Waals surface area contributed by atoms with Crippen molar-refractivity contribution in [3.63, 3.8) is 0 Å². The van der Waals surface area contributed by atoms with E-state index in [1.165, 1.54) is 24.3 Å². The Labute approximate surface area is 182 Å². The maximum absolute atomic E-state index is 13.5. The Morgan fingerprint density at radius 3 is 2.13 bits per heavy atom. The minimum absolute atomic E-state index is 0.0413. The summed E-state index contributed by atoms with van der Waals surface area (Å²) in [6.07, 6.45) is 1.98. The van der Waals surface area contributed by atoms with Crippen molar-refractivity contribution in [2.45, 2.75) is 39.7 Å². The third-order valence-corrected chi connectivity index (χ3v) is 5.76. The number of anilines is 1. The van der Waals surface area contributed by atoms with Gasteiger partial charge in [-0.05, 0) is 74.6 Å². The average Bonchev–Trinajstić information content (AvgIpc) is 3.00. The van der Waals surface area contributed by atoms with Crippen molar-refractivity contribution in [1.82, 2.24) is 4.90 Å². The fraction of sp³-hybridized carbons (Fsp3) is 0.360. The molecule has 0 spiro atoms. The van der Waals surface area contributed by atoms with Gasteiger partial charge in [0.1, 0.15) is 17.3 Å².